The number of aromatic nitrogens is 1. The SMILES string of the molecule is CN1C(=O)/C(=C/c2cn(CC(=O)N3CCCC3)c3ccccc23)SC1=S. The van der Waals surface area contributed by atoms with E-state index >= 15 is 0 Å². The van der Waals surface area contributed by atoms with Crippen molar-refractivity contribution in [1.82, 2.24) is 14.4 Å². The fourth-order valence-electron chi connectivity index (χ4n) is 3.42. The molecular weight excluding hydrogens is 366 g/mol. The number of carbonyl (C=O) groups is 2. The zero-order chi connectivity index (χ0) is 18.3. The van der Waals surface area contributed by atoms with Crippen molar-refractivity contribution in [3.8, 4) is 0 Å². The molecule has 7 heteroatoms. The van der Waals surface area contributed by atoms with E-state index in [1.807, 2.05) is 46.0 Å². The number of thiocarbonyl (C=S) groups is 1. The summed E-state index contributed by atoms with van der Waals surface area (Å²) in [5.74, 6) is 0.0691. The van der Waals surface area contributed by atoms with Crippen molar-refractivity contribution in [3.05, 3.63) is 40.9 Å². The summed E-state index contributed by atoms with van der Waals surface area (Å²) >= 11 is 6.52. The largest absolute Gasteiger partial charge is 0.341 e. The van der Waals surface area contributed by atoms with Crippen LogP contribution in [-0.4, -0.2) is 50.6 Å². The average molecular weight is 386 g/mol. The number of thioether (sulfide) groups is 1. The molecule has 0 saturated carbocycles. The molecule has 134 valence electrons. The quantitative estimate of drug-likeness (QED) is 0.602. The van der Waals surface area contributed by atoms with Crippen molar-refractivity contribution in [2.45, 2.75) is 19.4 Å². The van der Waals surface area contributed by atoms with Crippen LogP contribution in [0.3, 0.4) is 0 Å². The predicted octanol–water partition coefficient (Wildman–Crippen LogP) is 3.09. The summed E-state index contributed by atoms with van der Waals surface area (Å²) < 4.78 is 2.54. The first-order valence-electron chi connectivity index (χ1n) is 8.62. The fraction of sp³-hybridized carbons (Fsp3) is 0.316. The fourth-order valence-corrected chi connectivity index (χ4v) is 4.59. The molecule has 0 unspecified atom stereocenters. The lowest BCUT2D eigenvalue weighted by molar-refractivity contribution is -0.130. The Hall–Kier alpha value is -2.12. The molecule has 0 N–H and O–H groups in total. The van der Waals surface area contributed by atoms with Crippen LogP contribution in [0.5, 0.6) is 0 Å². The highest BCUT2D eigenvalue weighted by molar-refractivity contribution is 8.26. The van der Waals surface area contributed by atoms with Crippen molar-refractivity contribution in [1.29, 1.82) is 0 Å². The van der Waals surface area contributed by atoms with Crippen molar-refractivity contribution in [3.63, 3.8) is 0 Å². The van der Waals surface area contributed by atoms with Gasteiger partial charge in [0.2, 0.25) is 5.91 Å². The average Bonchev–Trinajstić information content (AvgIpc) is 3.34. The van der Waals surface area contributed by atoms with Crippen LogP contribution in [0.15, 0.2) is 35.4 Å². The third-order valence-electron chi connectivity index (χ3n) is 4.86. The molecule has 4 rings (SSSR count). The number of hydrogen-bond donors (Lipinski definition) is 0. The molecule has 2 aliphatic rings. The Balaban J connectivity index is 1.69. The molecule has 1 aromatic heterocycles. The summed E-state index contributed by atoms with van der Waals surface area (Å²) in [7, 11) is 1.69. The van der Waals surface area contributed by atoms with E-state index in [1.54, 1.807) is 7.05 Å². The third kappa shape index (κ3) is 3.05. The molecule has 2 amide bonds. The molecular formula is C19H19N3O2S2. The predicted molar refractivity (Wildman–Crippen MR) is 109 cm³/mol. The number of likely N-dealkylation sites (N-methyl/N-ethyl adjacent to an activating group) is 1. The maximum Gasteiger partial charge on any atom is 0.265 e. The highest BCUT2D eigenvalue weighted by Gasteiger charge is 2.29. The Kier molecular flexibility index (Phi) is 4.58. The van der Waals surface area contributed by atoms with Crippen molar-refractivity contribution in [2.24, 2.45) is 0 Å². The lowest BCUT2D eigenvalue weighted by Gasteiger charge is -2.15. The molecule has 26 heavy (non-hydrogen) atoms. The van der Waals surface area contributed by atoms with Gasteiger partial charge in [0, 0.05) is 42.8 Å². The minimum absolute atomic E-state index is 0.0787. The molecule has 0 bridgehead atoms. The van der Waals surface area contributed by atoms with E-state index in [0.717, 1.165) is 42.4 Å². The number of amides is 2. The van der Waals surface area contributed by atoms with Gasteiger partial charge in [-0.15, -0.1) is 0 Å². The molecule has 2 aromatic rings. The van der Waals surface area contributed by atoms with Gasteiger partial charge in [0.1, 0.15) is 10.9 Å². The van der Waals surface area contributed by atoms with Crippen LogP contribution in [0.4, 0.5) is 0 Å². The number of likely N-dealkylation sites (tertiary alicyclic amines) is 1. The minimum Gasteiger partial charge on any atom is -0.341 e. The number of fused-ring (bicyclic) bond motifs is 1. The van der Waals surface area contributed by atoms with Gasteiger partial charge in [-0.3, -0.25) is 14.5 Å². The third-order valence-corrected chi connectivity index (χ3v) is 6.34. The van der Waals surface area contributed by atoms with Crippen LogP contribution in [-0.2, 0) is 16.1 Å². The molecule has 0 aliphatic carbocycles. The first-order chi connectivity index (χ1) is 12.5. The summed E-state index contributed by atoms with van der Waals surface area (Å²) in [6.07, 6.45) is 6.01. The maximum absolute atomic E-state index is 12.6. The zero-order valence-electron chi connectivity index (χ0n) is 14.5. The molecule has 3 heterocycles. The molecule has 2 aliphatic heterocycles. The van der Waals surface area contributed by atoms with Gasteiger partial charge in [0.05, 0.1) is 4.91 Å². The summed E-state index contributed by atoms with van der Waals surface area (Å²) in [5.41, 5.74) is 1.93. The monoisotopic (exact) mass is 385 g/mol. The van der Waals surface area contributed by atoms with E-state index in [0.29, 0.717) is 15.8 Å². The number of nitrogens with zero attached hydrogens (tertiary/aromatic N) is 3. The normalized spacial score (nSPS) is 19.3. The van der Waals surface area contributed by atoms with Gasteiger partial charge < -0.3 is 9.47 Å². The number of carbonyl (C=O) groups excluding carboxylic acids is 2. The van der Waals surface area contributed by atoms with Gasteiger partial charge in [-0.2, -0.15) is 0 Å². The molecule has 0 spiro atoms. The Bertz CT molecular complexity index is 941. The van der Waals surface area contributed by atoms with Crippen LogP contribution in [0, 0.1) is 0 Å². The minimum atomic E-state index is -0.0787. The summed E-state index contributed by atoms with van der Waals surface area (Å²) in [5, 5.41) is 1.03. The van der Waals surface area contributed by atoms with Crippen LogP contribution < -0.4 is 0 Å². The standard InChI is InChI=1S/C19H19N3O2S2/c1-20-18(24)16(26-19(20)25)10-13-11-22(15-7-3-2-6-14(13)15)12-17(23)21-8-4-5-9-21/h2-3,6-7,10-11H,4-5,8-9,12H2,1H3/b16-10-. The second-order valence-electron chi connectivity index (χ2n) is 6.56. The lowest BCUT2D eigenvalue weighted by Crippen LogP contribution is -2.30. The molecule has 1 aromatic carbocycles. The van der Waals surface area contributed by atoms with E-state index in [9.17, 15) is 9.59 Å². The lowest BCUT2D eigenvalue weighted by atomic mass is 10.1. The maximum atomic E-state index is 12.6. The number of hydrogen-bond acceptors (Lipinski definition) is 4. The van der Waals surface area contributed by atoms with E-state index in [2.05, 4.69) is 0 Å². The van der Waals surface area contributed by atoms with E-state index in [-0.39, 0.29) is 11.8 Å². The number of rotatable bonds is 3. The Morgan fingerprint density at radius 3 is 2.69 bits per heavy atom. The van der Waals surface area contributed by atoms with Gasteiger partial charge in [0.15, 0.2) is 0 Å². The van der Waals surface area contributed by atoms with Gasteiger partial charge in [0.25, 0.3) is 5.91 Å². The summed E-state index contributed by atoms with van der Waals surface area (Å²) in [6.45, 7) is 2.02. The van der Waals surface area contributed by atoms with E-state index < -0.39 is 0 Å². The van der Waals surface area contributed by atoms with Crippen LogP contribution in [0.25, 0.3) is 17.0 Å². The van der Waals surface area contributed by atoms with Gasteiger partial charge in [-0.25, -0.2) is 0 Å². The summed E-state index contributed by atoms with van der Waals surface area (Å²) in [4.78, 5) is 28.9. The van der Waals surface area contributed by atoms with Gasteiger partial charge in [-0.05, 0) is 25.0 Å². The molecule has 2 fully saturated rings. The van der Waals surface area contributed by atoms with Crippen LogP contribution in [0.2, 0.25) is 0 Å². The van der Waals surface area contributed by atoms with Crippen molar-refractivity contribution < 1.29 is 9.59 Å². The molecule has 0 atom stereocenters. The smallest absolute Gasteiger partial charge is 0.265 e. The second-order valence-corrected chi connectivity index (χ2v) is 8.23. The Morgan fingerprint density at radius 1 is 1.27 bits per heavy atom. The van der Waals surface area contributed by atoms with Gasteiger partial charge in [-0.1, -0.05) is 42.2 Å². The van der Waals surface area contributed by atoms with Crippen molar-refractivity contribution in [2.75, 3.05) is 20.1 Å². The first-order valence-corrected chi connectivity index (χ1v) is 9.84. The number of para-hydroxylation sites is 1. The molecule has 2 saturated heterocycles. The van der Waals surface area contributed by atoms with Crippen molar-refractivity contribution >= 4 is 57.1 Å². The Labute approximate surface area is 161 Å². The van der Waals surface area contributed by atoms with Crippen LogP contribution in [0.1, 0.15) is 18.4 Å². The topological polar surface area (TPSA) is 45.6 Å². The number of benzene rings is 1. The van der Waals surface area contributed by atoms with E-state index in [4.69, 9.17) is 12.2 Å². The highest BCUT2D eigenvalue weighted by Crippen LogP contribution is 2.33. The first kappa shape index (κ1) is 17.3. The molecule has 5 nitrogen and oxygen atoms in total. The summed E-state index contributed by atoms with van der Waals surface area (Å²) in [6, 6.07) is 7.96. The molecule has 0 radical (unpaired) electrons. The van der Waals surface area contributed by atoms with Crippen LogP contribution >= 0.6 is 24.0 Å². The zero-order valence-corrected chi connectivity index (χ0v) is 16.1. The highest BCUT2D eigenvalue weighted by atomic mass is 32.2. The Morgan fingerprint density at radius 2 is 2.00 bits per heavy atom. The van der Waals surface area contributed by atoms with E-state index in [1.165, 1.54) is 16.7 Å². The van der Waals surface area contributed by atoms with Gasteiger partial charge >= 0.3 is 0 Å². The second kappa shape index (κ2) is 6.89.